The molecule has 0 aliphatic carbocycles. The van der Waals surface area contributed by atoms with Crippen LogP contribution in [0.3, 0.4) is 0 Å². The molecule has 1 atom stereocenters. The van der Waals surface area contributed by atoms with Crippen molar-refractivity contribution >= 4 is 5.91 Å². The minimum absolute atomic E-state index is 0.166. The number of likely N-dealkylation sites (tertiary alicyclic amines) is 1. The Bertz CT molecular complexity index is 258. The van der Waals surface area contributed by atoms with E-state index < -0.39 is 12.7 Å². The first-order valence-electron chi connectivity index (χ1n) is 5.45. The van der Waals surface area contributed by atoms with E-state index in [0.717, 1.165) is 9.96 Å². The van der Waals surface area contributed by atoms with Gasteiger partial charge in [-0.25, -0.2) is 18.2 Å². The van der Waals surface area contributed by atoms with Gasteiger partial charge in [0.2, 0.25) is 12.2 Å². The van der Waals surface area contributed by atoms with E-state index in [9.17, 15) is 18.0 Å². The van der Waals surface area contributed by atoms with Crippen molar-refractivity contribution in [3.63, 3.8) is 0 Å². The van der Waals surface area contributed by atoms with Gasteiger partial charge in [-0.1, -0.05) is 0 Å². The molecule has 0 radical (unpaired) electrons. The number of alkyl halides is 3. The summed E-state index contributed by atoms with van der Waals surface area (Å²) in [6, 6.07) is 0. The van der Waals surface area contributed by atoms with Crippen molar-refractivity contribution in [2.24, 2.45) is 5.92 Å². The predicted molar refractivity (Wildman–Crippen MR) is 55.0 cm³/mol. The number of halogens is 3. The molecule has 100 valence electrons. The highest BCUT2D eigenvalue weighted by molar-refractivity contribution is 5.77. The van der Waals surface area contributed by atoms with E-state index in [1.165, 1.54) is 14.2 Å². The van der Waals surface area contributed by atoms with Gasteiger partial charge in [-0.2, -0.15) is 0 Å². The SMILES string of the molecule is CON(C)C(=O)C1CCN(C(F)C(F)F)CC1. The van der Waals surface area contributed by atoms with Gasteiger partial charge in [-0.05, 0) is 12.8 Å². The van der Waals surface area contributed by atoms with Crippen LogP contribution in [-0.2, 0) is 9.63 Å². The van der Waals surface area contributed by atoms with E-state index in [1.807, 2.05) is 0 Å². The van der Waals surface area contributed by atoms with Gasteiger partial charge in [0.1, 0.15) is 0 Å². The van der Waals surface area contributed by atoms with Gasteiger partial charge in [0, 0.05) is 26.1 Å². The van der Waals surface area contributed by atoms with Crippen molar-refractivity contribution in [3.8, 4) is 0 Å². The van der Waals surface area contributed by atoms with Crippen molar-refractivity contribution in [2.75, 3.05) is 27.2 Å². The first kappa shape index (κ1) is 14.2. The van der Waals surface area contributed by atoms with Crippen LogP contribution >= 0.6 is 0 Å². The predicted octanol–water partition coefficient (Wildman–Crippen LogP) is 1.28. The van der Waals surface area contributed by atoms with E-state index in [-0.39, 0.29) is 24.9 Å². The summed E-state index contributed by atoms with van der Waals surface area (Å²) in [5.41, 5.74) is 0. The number of amides is 1. The molecule has 0 spiro atoms. The third kappa shape index (κ3) is 3.57. The molecule has 1 fully saturated rings. The average molecular weight is 254 g/mol. The molecule has 1 rings (SSSR count). The number of nitrogens with zero attached hydrogens (tertiary/aromatic N) is 2. The molecule has 1 unspecified atom stereocenters. The van der Waals surface area contributed by atoms with Crippen LogP contribution in [0.4, 0.5) is 13.2 Å². The fourth-order valence-electron chi connectivity index (χ4n) is 1.90. The lowest BCUT2D eigenvalue weighted by atomic mass is 9.96. The maximum atomic E-state index is 13.0. The highest BCUT2D eigenvalue weighted by Gasteiger charge is 2.33. The summed E-state index contributed by atoms with van der Waals surface area (Å²) in [6.07, 6.45) is -4.48. The molecule has 0 bridgehead atoms. The molecule has 1 amide bonds. The lowest BCUT2D eigenvalue weighted by molar-refractivity contribution is -0.175. The van der Waals surface area contributed by atoms with Gasteiger partial charge in [0.25, 0.3) is 6.43 Å². The van der Waals surface area contributed by atoms with Crippen LogP contribution < -0.4 is 0 Å². The Hall–Kier alpha value is -0.820. The van der Waals surface area contributed by atoms with Crippen molar-refractivity contribution in [1.82, 2.24) is 9.96 Å². The third-order valence-electron chi connectivity index (χ3n) is 3.02. The second kappa shape index (κ2) is 6.20. The molecule has 4 nitrogen and oxygen atoms in total. The van der Waals surface area contributed by atoms with Gasteiger partial charge in [0.05, 0.1) is 7.11 Å². The number of hydrogen-bond acceptors (Lipinski definition) is 3. The fourth-order valence-corrected chi connectivity index (χ4v) is 1.90. The highest BCUT2D eigenvalue weighted by Crippen LogP contribution is 2.23. The Labute approximate surface area is 98.3 Å². The van der Waals surface area contributed by atoms with Crippen LogP contribution in [-0.4, -0.2) is 55.8 Å². The number of hydrogen-bond donors (Lipinski definition) is 0. The lowest BCUT2D eigenvalue weighted by Gasteiger charge is -2.33. The molecule has 1 saturated heterocycles. The lowest BCUT2D eigenvalue weighted by Crippen LogP contribution is -2.45. The fraction of sp³-hybridized carbons (Fsp3) is 0.900. The van der Waals surface area contributed by atoms with Crippen LogP contribution in [0.25, 0.3) is 0 Å². The Kier molecular flexibility index (Phi) is 5.20. The monoisotopic (exact) mass is 254 g/mol. The Morgan fingerprint density at radius 1 is 1.35 bits per heavy atom. The molecule has 1 aliphatic rings. The quantitative estimate of drug-likeness (QED) is 0.559. The van der Waals surface area contributed by atoms with Crippen LogP contribution in [0.5, 0.6) is 0 Å². The molecule has 0 aromatic heterocycles. The summed E-state index contributed by atoms with van der Waals surface area (Å²) in [5.74, 6) is -0.472. The smallest absolute Gasteiger partial charge is 0.275 e. The molecular weight excluding hydrogens is 237 g/mol. The molecule has 7 heteroatoms. The number of rotatable bonds is 4. The Morgan fingerprint density at radius 3 is 2.29 bits per heavy atom. The molecule has 1 heterocycles. The largest absolute Gasteiger partial charge is 0.282 e. The zero-order valence-corrected chi connectivity index (χ0v) is 9.91. The highest BCUT2D eigenvalue weighted by atomic mass is 19.3. The zero-order chi connectivity index (χ0) is 13.0. The van der Waals surface area contributed by atoms with Crippen LogP contribution in [0, 0.1) is 5.92 Å². The molecule has 1 aliphatic heterocycles. The van der Waals surface area contributed by atoms with E-state index in [2.05, 4.69) is 0 Å². The van der Waals surface area contributed by atoms with Crippen LogP contribution in [0.1, 0.15) is 12.8 Å². The molecule has 0 saturated carbocycles. The van der Waals surface area contributed by atoms with E-state index in [0.29, 0.717) is 12.8 Å². The summed E-state index contributed by atoms with van der Waals surface area (Å²) in [5, 5.41) is 1.11. The number of piperidine rings is 1. The number of hydroxylamine groups is 2. The first-order chi connectivity index (χ1) is 7.97. The number of carbonyl (C=O) groups is 1. The molecule has 17 heavy (non-hydrogen) atoms. The van der Waals surface area contributed by atoms with Gasteiger partial charge in [-0.3, -0.25) is 14.5 Å². The van der Waals surface area contributed by atoms with Gasteiger partial charge in [-0.15, -0.1) is 0 Å². The minimum Gasteiger partial charge on any atom is -0.275 e. The normalized spacial score (nSPS) is 20.6. The second-order valence-corrected chi connectivity index (χ2v) is 4.04. The topological polar surface area (TPSA) is 32.8 Å². The third-order valence-corrected chi connectivity index (χ3v) is 3.02. The minimum atomic E-state index is -3.00. The summed E-state index contributed by atoms with van der Waals surface area (Å²) < 4.78 is 37.3. The summed E-state index contributed by atoms with van der Waals surface area (Å²) >= 11 is 0. The summed E-state index contributed by atoms with van der Waals surface area (Å²) in [6.45, 7) is 0.332. The van der Waals surface area contributed by atoms with Crippen molar-refractivity contribution in [3.05, 3.63) is 0 Å². The maximum Gasteiger partial charge on any atom is 0.282 e. The molecular formula is C10H17F3N2O2. The van der Waals surface area contributed by atoms with Crippen LogP contribution in [0.15, 0.2) is 0 Å². The standard InChI is InChI=1S/C10H17F3N2O2/c1-14(17-2)10(16)7-3-5-15(6-4-7)9(13)8(11)12/h7-9H,3-6H2,1-2H3. The average Bonchev–Trinajstić information content (AvgIpc) is 2.36. The van der Waals surface area contributed by atoms with Crippen molar-refractivity contribution in [2.45, 2.75) is 25.6 Å². The van der Waals surface area contributed by atoms with E-state index >= 15 is 0 Å². The summed E-state index contributed by atoms with van der Waals surface area (Å²) in [7, 11) is 2.87. The number of carbonyl (C=O) groups excluding carboxylic acids is 1. The van der Waals surface area contributed by atoms with E-state index in [1.54, 1.807) is 0 Å². The second-order valence-electron chi connectivity index (χ2n) is 4.04. The maximum absolute atomic E-state index is 13.0. The molecule has 0 aromatic carbocycles. The van der Waals surface area contributed by atoms with Gasteiger partial charge in [0.15, 0.2) is 0 Å². The summed E-state index contributed by atoms with van der Waals surface area (Å²) in [4.78, 5) is 17.5. The molecule has 0 N–H and O–H groups in total. The Balaban J connectivity index is 2.43. The van der Waals surface area contributed by atoms with Crippen molar-refractivity contribution < 1.29 is 22.8 Å². The molecule has 0 aromatic rings. The zero-order valence-electron chi connectivity index (χ0n) is 9.91. The van der Waals surface area contributed by atoms with Gasteiger partial charge < -0.3 is 0 Å². The van der Waals surface area contributed by atoms with Crippen molar-refractivity contribution in [1.29, 1.82) is 0 Å². The van der Waals surface area contributed by atoms with E-state index in [4.69, 9.17) is 4.84 Å². The Morgan fingerprint density at radius 2 is 1.88 bits per heavy atom. The first-order valence-corrected chi connectivity index (χ1v) is 5.45. The van der Waals surface area contributed by atoms with Crippen LogP contribution in [0.2, 0.25) is 0 Å². The van der Waals surface area contributed by atoms with Gasteiger partial charge >= 0.3 is 0 Å².